The number of aromatic hydroxyl groups is 1. The summed E-state index contributed by atoms with van der Waals surface area (Å²) in [6, 6.07) is 12.3. The number of benzene rings is 2. The number of aliphatic imine (C=N–C) groups is 1. The molecule has 0 aliphatic heterocycles. The van der Waals surface area contributed by atoms with Crippen molar-refractivity contribution < 1.29 is 9.90 Å². The van der Waals surface area contributed by atoms with Crippen molar-refractivity contribution in [1.29, 1.82) is 0 Å². The van der Waals surface area contributed by atoms with E-state index in [1.54, 1.807) is 24.3 Å². The fourth-order valence-corrected chi connectivity index (χ4v) is 4.09. The van der Waals surface area contributed by atoms with E-state index in [4.69, 9.17) is 11.6 Å². The maximum atomic E-state index is 12.8. The van der Waals surface area contributed by atoms with Crippen LogP contribution in [0.15, 0.2) is 57.0 Å². The van der Waals surface area contributed by atoms with Crippen LogP contribution in [0.5, 0.6) is 5.88 Å². The van der Waals surface area contributed by atoms with Crippen molar-refractivity contribution in [3.05, 3.63) is 85.0 Å². The molecule has 0 atom stereocenters. The van der Waals surface area contributed by atoms with E-state index in [1.165, 1.54) is 14.1 Å². The molecule has 0 saturated heterocycles. The molecule has 0 radical (unpaired) electrons. The molecule has 33 heavy (non-hydrogen) atoms. The molecule has 10 heteroatoms. The van der Waals surface area contributed by atoms with Crippen LogP contribution in [0, 0.1) is 13.8 Å². The molecule has 0 saturated carbocycles. The number of aryl methyl sites for hydroxylation is 2. The molecule has 172 valence electrons. The number of anilines is 1. The molecular formula is C23H23ClN4O4S. The largest absolute Gasteiger partial charge is 0.494 e. The number of hydrogen-bond acceptors (Lipinski definition) is 6. The Hall–Kier alpha value is -3.30. The van der Waals surface area contributed by atoms with Gasteiger partial charge in [0, 0.05) is 24.8 Å². The molecule has 0 aliphatic carbocycles. The van der Waals surface area contributed by atoms with Gasteiger partial charge in [0.2, 0.25) is 11.8 Å². The van der Waals surface area contributed by atoms with Crippen LogP contribution in [-0.4, -0.2) is 30.9 Å². The minimum atomic E-state index is -0.717. The summed E-state index contributed by atoms with van der Waals surface area (Å²) in [4.78, 5) is 42.2. The number of thioether (sulfide) groups is 1. The molecule has 0 aliphatic rings. The first-order valence-corrected chi connectivity index (χ1v) is 11.3. The Balaban J connectivity index is 1.99. The van der Waals surface area contributed by atoms with Gasteiger partial charge in [-0.2, -0.15) is 0 Å². The van der Waals surface area contributed by atoms with Crippen molar-refractivity contribution in [1.82, 2.24) is 9.13 Å². The van der Waals surface area contributed by atoms with Gasteiger partial charge >= 0.3 is 5.69 Å². The van der Waals surface area contributed by atoms with Gasteiger partial charge in [0.05, 0.1) is 11.4 Å². The zero-order valence-electron chi connectivity index (χ0n) is 18.5. The first kappa shape index (κ1) is 24.3. The quantitative estimate of drug-likeness (QED) is 0.424. The Labute approximate surface area is 199 Å². The lowest BCUT2D eigenvalue weighted by atomic mass is 10.1. The zero-order chi connectivity index (χ0) is 24.3. The van der Waals surface area contributed by atoms with E-state index in [-0.39, 0.29) is 22.3 Å². The number of nitrogens with zero attached hydrogens (tertiary/aromatic N) is 3. The maximum Gasteiger partial charge on any atom is 0.333 e. The highest BCUT2D eigenvalue weighted by Crippen LogP contribution is 2.25. The lowest BCUT2D eigenvalue weighted by molar-refractivity contribution is -0.113. The number of amides is 1. The van der Waals surface area contributed by atoms with Crippen LogP contribution in [0.4, 0.5) is 11.4 Å². The highest BCUT2D eigenvalue weighted by Gasteiger charge is 2.22. The molecule has 1 heterocycles. The third kappa shape index (κ3) is 5.37. The molecule has 2 N–H and O–H groups in total. The van der Waals surface area contributed by atoms with Gasteiger partial charge in [-0.1, -0.05) is 41.6 Å². The van der Waals surface area contributed by atoms with E-state index in [9.17, 15) is 19.5 Å². The van der Waals surface area contributed by atoms with Gasteiger partial charge in [-0.15, -0.1) is 0 Å². The van der Waals surface area contributed by atoms with Crippen LogP contribution in [-0.2, 0) is 18.9 Å². The number of halogens is 1. The van der Waals surface area contributed by atoms with Gasteiger partial charge in [-0.25, -0.2) is 9.79 Å². The third-order valence-corrected chi connectivity index (χ3v) is 6.22. The summed E-state index contributed by atoms with van der Waals surface area (Å²) in [5.41, 5.74) is 1.48. The fourth-order valence-electron chi connectivity index (χ4n) is 3.13. The van der Waals surface area contributed by atoms with Gasteiger partial charge in [0.25, 0.3) is 5.56 Å². The van der Waals surface area contributed by atoms with E-state index in [0.29, 0.717) is 10.7 Å². The van der Waals surface area contributed by atoms with Gasteiger partial charge < -0.3 is 10.4 Å². The predicted octanol–water partition coefficient (Wildman–Crippen LogP) is 3.51. The summed E-state index contributed by atoms with van der Waals surface area (Å²) in [5.74, 6) is -0.910. The Bertz CT molecular complexity index is 1340. The first-order chi connectivity index (χ1) is 15.6. The van der Waals surface area contributed by atoms with Crippen molar-refractivity contribution in [3.8, 4) is 5.88 Å². The van der Waals surface area contributed by atoms with Crippen LogP contribution in [0.2, 0.25) is 5.02 Å². The van der Waals surface area contributed by atoms with Crippen molar-refractivity contribution in [2.75, 3.05) is 11.1 Å². The number of rotatable bonds is 5. The van der Waals surface area contributed by atoms with Gasteiger partial charge in [-0.3, -0.25) is 18.7 Å². The van der Waals surface area contributed by atoms with Gasteiger partial charge in [-0.05, 0) is 49.2 Å². The number of carbonyl (C=O) groups excluding carboxylic acids is 1. The van der Waals surface area contributed by atoms with Crippen LogP contribution in [0.3, 0.4) is 0 Å². The SMILES string of the molecule is Cc1cccc(C)c1NC(=O)CSC(=Nc1ccc(Cl)cc1)c1c(O)n(C)c(=O)n(C)c1=O. The van der Waals surface area contributed by atoms with E-state index in [1.807, 2.05) is 32.0 Å². The highest BCUT2D eigenvalue weighted by atomic mass is 35.5. The molecule has 3 rings (SSSR count). The molecule has 0 spiro atoms. The van der Waals surface area contributed by atoms with Crippen molar-refractivity contribution in [3.63, 3.8) is 0 Å². The van der Waals surface area contributed by atoms with Gasteiger partial charge in [0.1, 0.15) is 10.6 Å². The molecule has 3 aromatic rings. The normalized spacial score (nSPS) is 11.5. The smallest absolute Gasteiger partial charge is 0.333 e. The predicted molar refractivity (Wildman–Crippen MR) is 133 cm³/mol. The topological polar surface area (TPSA) is 106 Å². The Morgan fingerprint density at radius 3 is 2.27 bits per heavy atom. The summed E-state index contributed by atoms with van der Waals surface area (Å²) >= 11 is 6.92. The van der Waals surface area contributed by atoms with Crippen LogP contribution in [0.25, 0.3) is 0 Å². The van der Waals surface area contributed by atoms with E-state index in [2.05, 4.69) is 10.3 Å². The molecule has 1 amide bonds. The zero-order valence-corrected chi connectivity index (χ0v) is 20.1. The lowest BCUT2D eigenvalue weighted by Crippen LogP contribution is -2.39. The second kappa shape index (κ2) is 10.1. The second-order valence-electron chi connectivity index (χ2n) is 7.40. The minimum Gasteiger partial charge on any atom is -0.494 e. The van der Waals surface area contributed by atoms with Crippen molar-refractivity contribution in [2.45, 2.75) is 13.8 Å². The van der Waals surface area contributed by atoms with E-state index in [0.717, 1.165) is 37.7 Å². The Morgan fingerprint density at radius 2 is 1.67 bits per heavy atom. The van der Waals surface area contributed by atoms with E-state index >= 15 is 0 Å². The van der Waals surface area contributed by atoms with Crippen molar-refractivity contribution in [2.24, 2.45) is 19.1 Å². The van der Waals surface area contributed by atoms with Crippen LogP contribution in [0.1, 0.15) is 16.7 Å². The average Bonchev–Trinajstić information content (AvgIpc) is 2.78. The van der Waals surface area contributed by atoms with Crippen LogP contribution < -0.4 is 16.6 Å². The number of aromatic nitrogens is 2. The number of carbonyl (C=O) groups is 1. The van der Waals surface area contributed by atoms with Crippen molar-refractivity contribution >= 4 is 45.7 Å². The number of para-hydroxylation sites is 1. The molecule has 2 aromatic carbocycles. The summed E-state index contributed by atoms with van der Waals surface area (Å²) in [6.45, 7) is 3.80. The second-order valence-corrected chi connectivity index (χ2v) is 8.80. The summed E-state index contributed by atoms with van der Waals surface area (Å²) < 4.78 is 1.83. The standard InChI is InChI=1S/C23H23ClN4O4S/c1-13-6-5-7-14(2)19(13)26-17(29)12-33-20(25-16-10-8-15(24)9-11-16)18-21(30)27(3)23(32)28(4)22(18)31/h5-11,30H,12H2,1-4H3,(H,26,29). The van der Waals surface area contributed by atoms with E-state index < -0.39 is 17.1 Å². The Kier molecular flexibility index (Phi) is 7.45. The molecule has 1 aromatic heterocycles. The summed E-state index contributed by atoms with van der Waals surface area (Å²) in [6.07, 6.45) is 0. The molecular weight excluding hydrogens is 464 g/mol. The molecule has 8 nitrogen and oxygen atoms in total. The molecule has 0 unspecified atom stereocenters. The first-order valence-electron chi connectivity index (χ1n) is 9.92. The maximum absolute atomic E-state index is 12.8. The monoisotopic (exact) mass is 486 g/mol. The highest BCUT2D eigenvalue weighted by molar-refractivity contribution is 8.15. The third-order valence-electron chi connectivity index (χ3n) is 4.99. The molecule has 0 fully saturated rings. The summed E-state index contributed by atoms with van der Waals surface area (Å²) in [7, 11) is 2.66. The lowest BCUT2D eigenvalue weighted by Gasteiger charge is -2.14. The Morgan fingerprint density at radius 1 is 1.06 bits per heavy atom. The summed E-state index contributed by atoms with van der Waals surface area (Å²) in [5, 5.41) is 14.1. The van der Waals surface area contributed by atoms with Gasteiger partial charge in [0.15, 0.2) is 0 Å². The minimum absolute atomic E-state index is 0.0777. The number of hydrogen-bond donors (Lipinski definition) is 2. The van der Waals surface area contributed by atoms with Crippen LogP contribution >= 0.6 is 23.4 Å². The number of nitrogens with one attached hydrogen (secondary N) is 1. The average molecular weight is 487 g/mol. The fraction of sp³-hybridized carbons (Fsp3) is 0.217. The molecule has 0 bridgehead atoms.